The van der Waals surface area contributed by atoms with Crippen LogP contribution in [0.4, 0.5) is 0 Å². The third-order valence-electron chi connectivity index (χ3n) is 4.35. The average molecular weight is 391 g/mol. The predicted octanol–water partition coefficient (Wildman–Crippen LogP) is 4.01. The Morgan fingerprint density at radius 1 is 0.966 bits per heavy atom. The van der Waals surface area contributed by atoms with Gasteiger partial charge in [-0.15, -0.1) is 0 Å². The maximum absolute atomic E-state index is 12.3. The Kier molecular flexibility index (Phi) is 6.24. The van der Waals surface area contributed by atoms with Gasteiger partial charge in [-0.3, -0.25) is 9.59 Å². The molecule has 0 aliphatic heterocycles. The fourth-order valence-electron chi connectivity index (χ4n) is 2.67. The van der Waals surface area contributed by atoms with Gasteiger partial charge in [-0.05, 0) is 31.5 Å². The van der Waals surface area contributed by atoms with Crippen molar-refractivity contribution in [3.63, 3.8) is 0 Å². The number of rotatable bonds is 7. The molecule has 1 atom stereocenters. The van der Waals surface area contributed by atoms with Gasteiger partial charge < -0.3 is 14.5 Å². The van der Waals surface area contributed by atoms with Gasteiger partial charge in [0.05, 0.1) is 0 Å². The van der Waals surface area contributed by atoms with Crippen LogP contribution in [0.3, 0.4) is 0 Å². The smallest absolute Gasteiger partial charge is 0.375 e. The highest BCUT2D eigenvalue weighted by Gasteiger charge is 2.21. The highest BCUT2D eigenvalue weighted by molar-refractivity contribution is 5.94. The molecule has 1 aromatic heterocycles. The molecule has 3 aromatic rings. The number of esters is 1. The first-order valence-corrected chi connectivity index (χ1v) is 9.18. The zero-order valence-corrected chi connectivity index (χ0v) is 16.2. The van der Waals surface area contributed by atoms with E-state index in [1.54, 1.807) is 30.3 Å². The molecule has 1 amide bonds. The summed E-state index contributed by atoms with van der Waals surface area (Å²) >= 11 is 0. The van der Waals surface area contributed by atoms with Crippen molar-refractivity contribution in [1.82, 2.24) is 5.32 Å². The van der Waals surface area contributed by atoms with Crippen LogP contribution in [0.15, 0.2) is 71.1 Å². The lowest BCUT2D eigenvalue weighted by Crippen LogP contribution is -2.35. The molecule has 0 radical (unpaired) electrons. The molecule has 0 saturated heterocycles. The summed E-state index contributed by atoms with van der Waals surface area (Å²) in [6, 6.07) is 19.4. The molecule has 0 bridgehead atoms. The van der Waals surface area contributed by atoms with Gasteiger partial charge in [0.1, 0.15) is 5.76 Å². The number of hydrogen-bond acceptors (Lipinski definition) is 5. The molecule has 2 aromatic carbocycles. The lowest BCUT2D eigenvalue weighted by Gasteiger charge is -2.12. The minimum Gasteiger partial charge on any atom is -0.449 e. The number of ketones is 1. The minimum atomic E-state index is -0.963. The lowest BCUT2D eigenvalue weighted by atomic mass is 10.1. The number of benzene rings is 2. The summed E-state index contributed by atoms with van der Waals surface area (Å²) in [5.74, 6) is -0.681. The summed E-state index contributed by atoms with van der Waals surface area (Å²) in [5.41, 5.74) is 2.27. The van der Waals surface area contributed by atoms with Crippen molar-refractivity contribution in [3.05, 3.63) is 83.6 Å². The van der Waals surface area contributed by atoms with E-state index >= 15 is 0 Å². The van der Waals surface area contributed by atoms with Crippen LogP contribution >= 0.6 is 0 Å². The van der Waals surface area contributed by atoms with E-state index in [4.69, 9.17) is 9.15 Å². The number of carbonyl (C=O) groups excluding carboxylic acids is 3. The van der Waals surface area contributed by atoms with E-state index in [0.29, 0.717) is 17.9 Å². The summed E-state index contributed by atoms with van der Waals surface area (Å²) in [7, 11) is 0. The standard InChI is InChI=1S/C23H21NO5/c1-15(25)18-8-10-19(11-9-18)20-12-13-21(29-20)23(27)28-16(2)22(26)24-14-17-6-4-3-5-7-17/h3-13,16H,14H2,1-2H3,(H,24,26)/t16-/m1/s1. The van der Waals surface area contributed by atoms with Crippen molar-refractivity contribution in [1.29, 1.82) is 0 Å². The number of amides is 1. The van der Waals surface area contributed by atoms with Crippen LogP contribution in [0.1, 0.15) is 40.3 Å². The van der Waals surface area contributed by atoms with E-state index in [0.717, 1.165) is 11.1 Å². The van der Waals surface area contributed by atoms with Crippen molar-refractivity contribution in [2.24, 2.45) is 0 Å². The highest BCUT2D eigenvalue weighted by Crippen LogP contribution is 2.23. The van der Waals surface area contributed by atoms with Gasteiger partial charge in [-0.25, -0.2) is 4.79 Å². The van der Waals surface area contributed by atoms with Gasteiger partial charge in [0, 0.05) is 17.7 Å². The molecule has 0 aliphatic rings. The summed E-state index contributed by atoms with van der Waals surface area (Å²) in [6.45, 7) is 3.35. The third kappa shape index (κ3) is 5.19. The number of ether oxygens (including phenoxy) is 1. The third-order valence-corrected chi connectivity index (χ3v) is 4.35. The van der Waals surface area contributed by atoms with E-state index in [-0.39, 0.29) is 11.5 Å². The van der Waals surface area contributed by atoms with Crippen molar-refractivity contribution in [3.8, 4) is 11.3 Å². The predicted molar refractivity (Wildman–Crippen MR) is 107 cm³/mol. The SMILES string of the molecule is CC(=O)c1ccc(-c2ccc(C(=O)O[C@H](C)C(=O)NCc3ccccc3)o2)cc1. The number of nitrogens with one attached hydrogen (secondary N) is 1. The molecule has 148 valence electrons. The molecule has 1 N–H and O–H groups in total. The first-order chi connectivity index (χ1) is 13.9. The van der Waals surface area contributed by atoms with Crippen molar-refractivity contribution in [2.75, 3.05) is 0 Å². The first kappa shape index (κ1) is 20.1. The second-order valence-corrected chi connectivity index (χ2v) is 6.55. The van der Waals surface area contributed by atoms with E-state index < -0.39 is 18.0 Å². The van der Waals surface area contributed by atoms with Crippen LogP contribution in [0.25, 0.3) is 11.3 Å². The molecule has 6 heteroatoms. The first-order valence-electron chi connectivity index (χ1n) is 9.18. The van der Waals surface area contributed by atoms with Crippen molar-refractivity contribution >= 4 is 17.7 Å². The maximum atomic E-state index is 12.3. The second-order valence-electron chi connectivity index (χ2n) is 6.55. The van der Waals surface area contributed by atoms with E-state index in [1.807, 2.05) is 30.3 Å². The monoisotopic (exact) mass is 391 g/mol. The Bertz CT molecular complexity index is 1010. The van der Waals surface area contributed by atoms with Gasteiger partial charge in [0.25, 0.3) is 5.91 Å². The van der Waals surface area contributed by atoms with E-state index in [1.165, 1.54) is 19.9 Å². The minimum absolute atomic E-state index is 0.00152. The van der Waals surface area contributed by atoms with E-state index in [2.05, 4.69) is 5.32 Å². The zero-order chi connectivity index (χ0) is 20.8. The summed E-state index contributed by atoms with van der Waals surface area (Å²) in [5, 5.41) is 2.73. The van der Waals surface area contributed by atoms with Crippen LogP contribution in [0, 0.1) is 0 Å². The van der Waals surface area contributed by atoms with Gasteiger partial charge in [0.2, 0.25) is 5.76 Å². The molecule has 0 saturated carbocycles. The molecule has 3 rings (SSSR count). The molecular weight excluding hydrogens is 370 g/mol. The number of carbonyl (C=O) groups is 3. The molecule has 0 fully saturated rings. The molecular formula is C23H21NO5. The van der Waals surface area contributed by atoms with Gasteiger partial charge in [0.15, 0.2) is 11.9 Å². The Labute approximate surface area is 168 Å². The van der Waals surface area contributed by atoms with Gasteiger partial charge in [-0.1, -0.05) is 54.6 Å². The highest BCUT2D eigenvalue weighted by atomic mass is 16.6. The van der Waals surface area contributed by atoms with Crippen LogP contribution in [0.2, 0.25) is 0 Å². The molecule has 6 nitrogen and oxygen atoms in total. The van der Waals surface area contributed by atoms with E-state index in [9.17, 15) is 14.4 Å². The Morgan fingerprint density at radius 3 is 2.31 bits per heavy atom. The van der Waals surface area contributed by atoms with Crippen molar-refractivity contribution in [2.45, 2.75) is 26.5 Å². The van der Waals surface area contributed by atoms with Gasteiger partial charge >= 0.3 is 5.97 Å². The quantitative estimate of drug-likeness (QED) is 0.486. The fraction of sp³-hybridized carbons (Fsp3) is 0.174. The molecule has 29 heavy (non-hydrogen) atoms. The number of furan rings is 1. The largest absolute Gasteiger partial charge is 0.449 e. The molecule has 0 aliphatic carbocycles. The van der Waals surface area contributed by atoms with Crippen LogP contribution in [-0.4, -0.2) is 23.8 Å². The summed E-state index contributed by atoms with van der Waals surface area (Å²) < 4.78 is 10.7. The molecule has 0 spiro atoms. The topological polar surface area (TPSA) is 85.6 Å². The van der Waals surface area contributed by atoms with Crippen LogP contribution < -0.4 is 5.32 Å². The second kappa shape index (κ2) is 9.01. The van der Waals surface area contributed by atoms with Crippen LogP contribution in [0.5, 0.6) is 0 Å². The summed E-state index contributed by atoms with van der Waals surface area (Å²) in [4.78, 5) is 35.8. The van der Waals surface area contributed by atoms with Crippen LogP contribution in [-0.2, 0) is 16.1 Å². The normalized spacial score (nSPS) is 11.5. The fourth-order valence-corrected chi connectivity index (χ4v) is 2.67. The number of Topliss-reactive ketones (excluding diaryl/α,β-unsaturated/α-hetero) is 1. The number of hydrogen-bond donors (Lipinski definition) is 1. The maximum Gasteiger partial charge on any atom is 0.375 e. The Balaban J connectivity index is 1.57. The van der Waals surface area contributed by atoms with Crippen molar-refractivity contribution < 1.29 is 23.5 Å². The molecule has 0 unspecified atom stereocenters. The lowest BCUT2D eigenvalue weighted by molar-refractivity contribution is -0.129. The molecule has 1 heterocycles. The Morgan fingerprint density at radius 2 is 1.66 bits per heavy atom. The Hall–Kier alpha value is -3.67. The average Bonchev–Trinajstić information content (AvgIpc) is 3.23. The van der Waals surface area contributed by atoms with Gasteiger partial charge in [-0.2, -0.15) is 0 Å². The summed E-state index contributed by atoms with van der Waals surface area (Å²) in [6.07, 6.45) is -0.963. The zero-order valence-electron chi connectivity index (χ0n) is 16.2.